The molecular weight excluding hydrogens is 332 g/mol. The van der Waals surface area contributed by atoms with Gasteiger partial charge in [-0.15, -0.1) is 0 Å². The van der Waals surface area contributed by atoms with Gasteiger partial charge in [0.05, 0.1) is 13.2 Å². The maximum Gasteiger partial charge on any atom is 0.259 e. The molecule has 1 fully saturated rings. The first kappa shape index (κ1) is 18.1. The molecule has 1 saturated heterocycles. The number of aromatic nitrogens is 3. The summed E-state index contributed by atoms with van der Waals surface area (Å²) in [6, 6.07) is 5.32. The molecule has 0 radical (unpaired) electrons. The number of amides is 1. The van der Waals surface area contributed by atoms with Crippen molar-refractivity contribution in [3.8, 4) is 11.8 Å². The molecule has 1 aliphatic rings. The van der Waals surface area contributed by atoms with Crippen LogP contribution >= 0.6 is 0 Å². The zero-order valence-electron chi connectivity index (χ0n) is 15.4. The first-order valence-corrected chi connectivity index (χ1v) is 8.93. The molecule has 2 aromatic rings. The van der Waals surface area contributed by atoms with Crippen LogP contribution in [0.4, 0.5) is 0 Å². The van der Waals surface area contributed by atoms with Crippen molar-refractivity contribution in [1.29, 1.82) is 0 Å². The van der Waals surface area contributed by atoms with Gasteiger partial charge in [0.15, 0.2) is 0 Å². The highest BCUT2D eigenvalue weighted by Gasteiger charge is 2.28. The Balaban J connectivity index is 1.71. The third kappa shape index (κ3) is 4.28. The van der Waals surface area contributed by atoms with Crippen molar-refractivity contribution in [2.75, 3.05) is 19.7 Å². The number of hydrogen-bond acceptors (Lipinski definition) is 6. The van der Waals surface area contributed by atoms with E-state index in [9.17, 15) is 4.79 Å². The zero-order chi connectivity index (χ0) is 18.5. The molecule has 26 heavy (non-hydrogen) atoms. The van der Waals surface area contributed by atoms with Crippen LogP contribution in [0, 0.1) is 13.8 Å². The summed E-state index contributed by atoms with van der Waals surface area (Å²) in [6.45, 7) is 7.31. The Morgan fingerprint density at radius 2 is 2.19 bits per heavy atom. The maximum absolute atomic E-state index is 12.9. The standard InChI is InChI=1S/C19H24N4O3/c1-4-25-18-16(8-5-9-20-18)19(24)23-10-6-7-15(12-23)26-17-11-13(2)21-14(3)22-17/h5,8-9,11,15H,4,6-7,10,12H2,1-3H3. The van der Waals surface area contributed by atoms with Gasteiger partial charge in [0.1, 0.15) is 17.5 Å². The van der Waals surface area contributed by atoms with Crippen molar-refractivity contribution < 1.29 is 14.3 Å². The molecular formula is C19H24N4O3. The molecule has 7 nitrogen and oxygen atoms in total. The van der Waals surface area contributed by atoms with Crippen molar-refractivity contribution in [2.24, 2.45) is 0 Å². The molecule has 1 atom stereocenters. The smallest absolute Gasteiger partial charge is 0.259 e. The molecule has 3 rings (SSSR count). The van der Waals surface area contributed by atoms with Crippen LogP contribution in [-0.2, 0) is 0 Å². The van der Waals surface area contributed by atoms with E-state index in [4.69, 9.17) is 9.47 Å². The van der Waals surface area contributed by atoms with Crippen LogP contribution in [0.25, 0.3) is 0 Å². The molecule has 0 aromatic carbocycles. The normalized spacial score (nSPS) is 17.0. The molecule has 0 saturated carbocycles. The van der Waals surface area contributed by atoms with Crippen molar-refractivity contribution in [2.45, 2.75) is 39.7 Å². The number of hydrogen-bond donors (Lipinski definition) is 0. The van der Waals surface area contributed by atoms with Gasteiger partial charge in [-0.2, -0.15) is 4.98 Å². The van der Waals surface area contributed by atoms with Crippen LogP contribution in [0.2, 0.25) is 0 Å². The monoisotopic (exact) mass is 356 g/mol. The van der Waals surface area contributed by atoms with Gasteiger partial charge in [-0.05, 0) is 45.7 Å². The van der Waals surface area contributed by atoms with Gasteiger partial charge >= 0.3 is 0 Å². The summed E-state index contributed by atoms with van der Waals surface area (Å²) in [6.07, 6.45) is 3.30. The molecule has 0 N–H and O–H groups in total. The number of nitrogens with zero attached hydrogens (tertiary/aromatic N) is 4. The molecule has 2 aromatic heterocycles. The van der Waals surface area contributed by atoms with E-state index in [-0.39, 0.29) is 12.0 Å². The fraction of sp³-hybridized carbons (Fsp3) is 0.474. The minimum absolute atomic E-state index is 0.0788. The van der Waals surface area contributed by atoms with Crippen LogP contribution < -0.4 is 9.47 Å². The first-order chi connectivity index (χ1) is 12.6. The van der Waals surface area contributed by atoms with Crippen LogP contribution in [0.1, 0.15) is 41.6 Å². The van der Waals surface area contributed by atoms with Gasteiger partial charge in [-0.3, -0.25) is 4.79 Å². The Bertz CT molecular complexity index is 761. The maximum atomic E-state index is 12.9. The Hall–Kier alpha value is -2.70. The number of pyridine rings is 1. The lowest BCUT2D eigenvalue weighted by molar-refractivity contribution is 0.0522. The zero-order valence-corrected chi connectivity index (χ0v) is 15.4. The predicted molar refractivity (Wildman–Crippen MR) is 96.5 cm³/mol. The molecule has 1 amide bonds. The Labute approximate surface area is 153 Å². The lowest BCUT2D eigenvalue weighted by Gasteiger charge is -2.32. The second kappa shape index (κ2) is 8.12. The summed E-state index contributed by atoms with van der Waals surface area (Å²) in [5.74, 6) is 1.54. The quantitative estimate of drug-likeness (QED) is 0.819. The van der Waals surface area contributed by atoms with Gasteiger partial charge < -0.3 is 14.4 Å². The van der Waals surface area contributed by atoms with E-state index in [0.717, 1.165) is 18.5 Å². The fourth-order valence-electron chi connectivity index (χ4n) is 3.11. The van der Waals surface area contributed by atoms with Crippen molar-refractivity contribution >= 4 is 5.91 Å². The largest absolute Gasteiger partial charge is 0.477 e. The Morgan fingerprint density at radius 3 is 2.96 bits per heavy atom. The number of likely N-dealkylation sites (tertiary alicyclic amines) is 1. The Morgan fingerprint density at radius 1 is 1.35 bits per heavy atom. The molecule has 7 heteroatoms. The second-order valence-electron chi connectivity index (χ2n) is 6.32. The molecule has 1 aliphatic heterocycles. The molecule has 0 aliphatic carbocycles. The first-order valence-electron chi connectivity index (χ1n) is 8.93. The highest BCUT2D eigenvalue weighted by atomic mass is 16.5. The van der Waals surface area contributed by atoms with E-state index in [0.29, 0.717) is 42.8 Å². The number of carbonyl (C=O) groups is 1. The van der Waals surface area contributed by atoms with E-state index in [1.807, 2.05) is 26.8 Å². The van der Waals surface area contributed by atoms with Crippen molar-refractivity contribution in [3.63, 3.8) is 0 Å². The summed E-state index contributed by atoms with van der Waals surface area (Å²) in [7, 11) is 0. The predicted octanol–water partition coefficient (Wildman–Crippen LogP) is 2.57. The number of rotatable bonds is 5. The molecule has 1 unspecified atom stereocenters. The SMILES string of the molecule is CCOc1ncccc1C(=O)N1CCCC(Oc2cc(C)nc(C)n2)C1. The van der Waals surface area contributed by atoms with Gasteiger partial charge in [-0.25, -0.2) is 9.97 Å². The Kier molecular flexibility index (Phi) is 5.65. The average molecular weight is 356 g/mol. The molecule has 0 spiro atoms. The third-order valence-corrected chi connectivity index (χ3v) is 4.18. The van der Waals surface area contributed by atoms with E-state index < -0.39 is 0 Å². The van der Waals surface area contributed by atoms with Gasteiger partial charge in [0, 0.05) is 24.5 Å². The number of piperidine rings is 1. The van der Waals surface area contributed by atoms with E-state index in [2.05, 4.69) is 15.0 Å². The van der Waals surface area contributed by atoms with E-state index in [1.165, 1.54) is 0 Å². The lowest BCUT2D eigenvalue weighted by Crippen LogP contribution is -2.44. The van der Waals surface area contributed by atoms with Crippen molar-refractivity contribution in [3.05, 3.63) is 41.5 Å². The van der Waals surface area contributed by atoms with Crippen LogP contribution in [-0.4, -0.2) is 51.6 Å². The second-order valence-corrected chi connectivity index (χ2v) is 6.32. The molecule has 0 bridgehead atoms. The number of ether oxygens (including phenoxy) is 2. The minimum Gasteiger partial charge on any atom is -0.477 e. The van der Waals surface area contributed by atoms with E-state index >= 15 is 0 Å². The van der Waals surface area contributed by atoms with Crippen LogP contribution in [0.3, 0.4) is 0 Å². The average Bonchev–Trinajstić information content (AvgIpc) is 2.61. The highest BCUT2D eigenvalue weighted by Crippen LogP contribution is 2.22. The summed E-state index contributed by atoms with van der Waals surface area (Å²) in [5.41, 5.74) is 1.36. The minimum atomic E-state index is -0.0892. The third-order valence-electron chi connectivity index (χ3n) is 4.18. The van der Waals surface area contributed by atoms with Crippen molar-refractivity contribution in [1.82, 2.24) is 19.9 Å². The fourth-order valence-corrected chi connectivity index (χ4v) is 3.11. The topological polar surface area (TPSA) is 77.4 Å². The summed E-state index contributed by atoms with van der Waals surface area (Å²) >= 11 is 0. The summed E-state index contributed by atoms with van der Waals surface area (Å²) in [4.78, 5) is 27.5. The number of aryl methyl sites for hydroxylation is 2. The van der Waals surface area contributed by atoms with E-state index in [1.54, 1.807) is 23.2 Å². The van der Waals surface area contributed by atoms with Crippen LogP contribution in [0.15, 0.2) is 24.4 Å². The highest BCUT2D eigenvalue weighted by molar-refractivity contribution is 5.96. The van der Waals surface area contributed by atoms with Gasteiger partial charge in [-0.1, -0.05) is 0 Å². The summed E-state index contributed by atoms with van der Waals surface area (Å²) < 4.78 is 11.5. The molecule has 3 heterocycles. The molecule has 138 valence electrons. The van der Waals surface area contributed by atoms with Crippen LogP contribution in [0.5, 0.6) is 11.8 Å². The van der Waals surface area contributed by atoms with Gasteiger partial charge in [0.25, 0.3) is 5.91 Å². The summed E-state index contributed by atoms with van der Waals surface area (Å²) in [5, 5.41) is 0. The lowest BCUT2D eigenvalue weighted by atomic mass is 10.1. The number of carbonyl (C=O) groups excluding carboxylic acids is 1. The van der Waals surface area contributed by atoms with Gasteiger partial charge in [0.2, 0.25) is 11.8 Å².